The van der Waals surface area contributed by atoms with Crippen LogP contribution >= 0.6 is 0 Å². The lowest BCUT2D eigenvalue weighted by molar-refractivity contribution is -0.149. The van der Waals surface area contributed by atoms with Crippen LogP contribution in [0.1, 0.15) is 94.6 Å². The molecule has 1 aromatic carbocycles. The van der Waals surface area contributed by atoms with Crippen LogP contribution in [0.15, 0.2) is 24.3 Å². The number of aromatic nitrogens is 1. The first-order chi connectivity index (χ1) is 26.0. The van der Waals surface area contributed by atoms with Gasteiger partial charge >= 0.3 is 12.1 Å². The minimum absolute atomic E-state index is 0.0163. The fourth-order valence-corrected chi connectivity index (χ4v) is 6.95. The normalized spacial score (nSPS) is 17.9. The smallest absolute Gasteiger partial charge is 0.409 e. The molecule has 0 radical (unpaired) electrons. The molecule has 5 amide bonds. The Labute approximate surface area is 316 Å². The van der Waals surface area contributed by atoms with Gasteiger partial charge in [-0.15, -0.1) is 0 Å². The largest absolute Gasteiger partial charge is 0.483 e. The van der Waals surface area contributed by atoms with Crippen LogP contribution in [-0.4, -0.2) is 126 Å². The molecule has 0 unspecified atom stereocenters. The van der Waals surface area contributed by atoms with E-state index >= 15 is 0 Å². The van der Waals surface area contributed by atoms with E-state index in [0.717, 1.165) is 24.8 Å². The molecular weight excluding hydrogens is 696 g/mol. The van der Waals surface area contributed by atoms with Crippen molar-refractivity contribution in [3.05, 3.63) is 35.5 Å². The number of amides is 5. The first-order valence-electron chi connectivity index (χ1n) is 19.4. The number of rotatable bonds is 15. The molecule has 0 spiro atoms. The van der Waals surface area contributed by atoms with E-state index < -0.39 is 36.0 Å². The van der Waals surface area contributed by atoms with Gasteiger partial charge in [-0.05, 0) is 82.9 Å². The highest BCUT2D eigenvalue weighted by atomic mass is 16.6. The second-order valence-electron chi connectivity index (χ2n) is 14.2. The van der Waals surface area contributed by atoms with E-state index in [1.807, 2.05) is 26.8 Å². The van der Waals surface area contributed by atoms with Crippen molar-refractivity contribution >= 4 is 46.6 Å². The van der Waals surface area contributed by atoms with Crippen LogP contribution in [0.5, 0.6) is 5.75 Å². The highest BCUT2D eigenvalue weighted by molar-refractivity contribution is 5.99. The first kappa shape index (κ1) is 40.2. The van der Waals surface area contributed by atoms with E-state index in [4.69, 9.17) is 14.2 Å². The average molecular weight is 751 g/mol. The molecule has 1 aliphatic carbocycles. The van der Waals surface area contributed by atoms with E-state index in [1.165, 1.54) is 11.0 Å². The fraction of sp³-hybridized carbons (Fsp3) is 0.615. The molecule has 54 heavy (non-hydrogen) atoms. The summed E-state index contributed by atoms with van der Waals surface area (Å²) in [4.78, 5) is 88.5. The maximum Gasteiger partial charge on any atom is 0.409 e. The second kappa shape index (κ2) is 18.9. The van der Waals surface area contributed by atoms with Gasteiger partial charge in [-0.1, -0.05) is 19.9 Å². The number of fused-ring (bicyclic) bond motifs is 1. The van der Waals surface area contributed by atoms with E-state index in [1.54, 1.807) is 28.9 Å². The van der Waals surface area contributed by atoms with Gasteiger partial charge in [0, 0.05) is 56.6 Å². The number of benzene rings is 1. The van der Waals surface area contributed by atoms with E-state index in [-0.39, 0.29) is 87.6 Å². The van der Waals surface area contributed by atoms with Gasteiger partial charge in [0.1, 0.15) is 29.6 Å². The summed E-state index contributed by atoms with van der Waals surface area (Å²) in [5, 5.41) is 6.44. The molecule has 294 valence electrons. The van der Waals surface area contributed by atoms with Crippen molar-refractivity contribution in [1.29, 1.82) is 0 Å². The number of piperazine rings is 1. The van der Waals surface area contributed by atoms with E-state index in [9.17, 15) is 28.8 Å². The number of carbonyl (C=O) groups is 6. The predicted molar refractivity (Wildman–Crippen MR) is 199 cm³/mol. The van der Waals surface area contributed by atoms with Gasteiger partial charge in [-0.2, -0.15) is 0 Å². The monoisotopic (exact) mass is 750 g/mol. The Morgan fingerprint density at radius 1 is 0.907 bits per heavy atom. The van der Waals surface area contributed by atoms with Crippen LogP contribution in [0.2, 0.25) is 0 Å². The lowest BCUT2D eigenvalue weighted by Crippen LogP contribution is -2.56. The molecule has 0 bridgehead atoms. The highest BCUT2D eigenvalue weighted by Crippen LogP contribution is 2.28. The molecule has 2 aromatic rings. The number of nitrogens with zero attached hydrogens (tertiary/aromatic N) is 4. The lowest BCUT2D eigenvalue weighted by Gasteiger charge is -2.36. The summed E-state index contributed by atoms with van der Waals surface area (Å²) in [6.07, 6.45) is 4.79. The Morgan fingerprint density at radius 2 is 1.63 bits per heavy atom. The van der Waals surface area contributed by atoms with E-state index in [2.05, 4.69) is 15.6 Å². The van der Waals surface area contributed by atoms with Gasteiger partial charge in [0.25, 0.3) is 11.8 Å². The van der Waals surface area contributed by atoms with Gasteiger partial charge in [0.15, 0.2) is 6.61 Å². The number of carbonyl (C=O) groups excluding carboxylic acids is 6. The number of likely N-dealkylation sites (tertiary alicyclic amines) is 1. The molecule has 5 rings (SSSR count). The Morgan fingerprint density at radius 3 is 2.30 bits per heavy atom. The van der Waals surface area contributed by atoms with Crippen LogP contribution in [0.4, 0.5) is 4.79 Å². The Bertz CT molecular complexity index is 1690. The molecule has 15 nitrogen and oxygen atoms in total. The molecule has 3 fully saturated rings. The maximum absolute atomic E-state index is 13.9. The third-order valence-corrected chi connectivity index (χ3v) is 10.4. The van der Waals surface area contributed by atoms with Gasteiger partial charge in [0.05, 0.1) is 12.1 Å². The Balaban J connectivity index is 1.31. The Kier molecular flexibility index (Phi) is 14.1. The summed E-state index contributed by atoms with van der Waals surface area (Å²) in [5.74, 6) is -1.76. The molecule has 1 saturated carbocycles. The molecule has 2 atom stereocenters. The quantitative estimate of drug-likeness (QED) is 0.256. The van der Waals surface area contributed by atoms with Crippen molar-refractivity contribution in [2.75, 3.05) is 45.9 Å². The highest BCUT2D eigenvalue weighted by Gasteiger charge is 2.36. The number of esters is 1. The minimum atomic E-state index is -1.10. The van der Waals surface area contributed by atoms with Crippen LogP contribution in [-0.2, 0) is 28.7 Å². The average Bonchev–Trinajstić information content (AvgIpc) is 3.66. The van der Waals surface area contributed by atoms with Crippen LogP contribution in [0.25, 0.3) is 10.9 Å². The van der Waals surface area contributed by atoms with E-state index in [0.29, 0.717) is 43.1 Å². The number of hydrogen-bond donors (Lipinski definition) is 2. The number of aryl methyl sites for hydroxylation is 1. The fourth-order valence-electron chi connectivity index (χ4n) is 6.95. The zero-order valence-electron chi connectivity index (χ0n) is 31.9. The number of nitrogens with one attached hydrogen (secondary N) is 2. The number of ether oxygens (including phenoxy) is 3. The van der Waals surface area contributed by atoms with Crippen molar-refractivity contribution in [3.8, 4) is 5.75 Å². The van der Waals surface area contributed by atoms with Crippen molar-refractivity contribution in [3.63, 3.8) is 0 Å². The summed E-state index contributed by atoms with van der Waals surface area (Å²) in [6, 6.07) is 5.43. The molecule has 2 aliphatic heterocycles. The second-order valence-corrected chi connectivity index (χ2v) is 14.2. The molecule has 1 aromatic heterocycles. The van der Waals surface area contributed by atoms with Crippen molar-refractivity contribution in [1.82, 2.24) is 30.3 Å². The minimum Gasteiger partial charge on any atom is -0.483 e. The van der Waals surface area contributed by atoms with Crippen LogP contribution < -0.4 is 15.4 Å². The standard InChI is InChI=1S/C39H54N6O9/c1-5-27(6-2)54-35(47)16-15-29(38(50)43-18-20-44(21-19-43)39(51)52-7-3)42-36(48)31-23-33(28-14-13-25(4)22-30(28)41-31)53-24-34(46)45-17-9-12-32(45)37(49)40-26-10-8-11-26/h13-14,22-23,26-27,29,32H,5-12,15-21,24H2,1-4H3,(H,40,49)(H,42,48)/t29-,32-/m0/s1. The van der Waals surface area contributed by atoms with Crippen molar-refractivity contribution in [2.45, 2.75) is 110 Å². The predicted octanol–water partition coefficient (Wildman–Crippen LogP) is 3.49. The first-order valence-corrected chi connectivity index (χ1v) is 19.4. The summed E-state index contributed by atoms with van der Waals surface area (Å²) < 4.78 is 16.7. The zero-order chi connectivity index (χ0) is 38.8. The van der Waals surface area contributed by atoms with Gasteiger partial charge in [-0.25, -0.2) is 9.78 Å². The summed E-state index contributed by atoms with van der Waals surface area (Å²) in [6.45, 7) is 8.77. The third-order valence-electron chi connectivity index (χ3n) is 10.4. The molecule has 2 saturated heterocycles. The lowest BCUT2D eigenvalue weighted by atomic mass is 9.93. The molecule has 3 aliphatic rings. The Hall–Kier alpha value is -4.95. The summed E-state index contributed by atoms with van der Waals surface area (Å²) in [7, 11) is 0. The van der Waals surface area contributed by atoms with Crippen LogP contribution in [0.3, 0.4) is 0 Å². The SMILES string of the molecule is CCOC(=O)N1CCN(C(=O)[C@H](CCC(=O)OC(CC)CC)NC(=O)c2cc(OCC(=O)N3CCC[C@H]3C(=O)NC3CCC3)c3ccc(C)cc3n2)CC1. The zero-order valence-corrected chi connectivity index (χ0v) is 31.9. The topological polar surface area (TPSA) is 177 Å². The number of hydrogen-bond acceptors (Lipinski definition) is 10. The summed E-state index contributed by atoms with van der Waals surface area (Å²) in [5.41, 5.74) is 1.30. The van der Waals surface area contributed by atoms with Gasteiger partial charge < -0.3 is 39.5 Å². The van der Waals surface area contributed by atoms with Crippen molar-refractivity contribution < 1.29 is 43.0 Å². The summed E-state index contributed by atoms with van der Waals surface area (Å²) >= 11 is 0. The molecule has 2 N–H and O–H groups in total. The van der Waals surface area contributed by atoms with Crippen molar-refractivity contribution in [2.24, 2.45) is 0 Å². The molecular formula is C39H54N6O9. The number of pyridine rings is 1. The molecule has 15 heteroatoms. The van der Waals surface area contributed by atoms with Crippen LogP contribution in [0, 0.1) is 6.92 Å². The van der Waals surface area contributed by atoms with Gasteiger partial charge in [0.2, 0.25) is 11.8 Å². The third kappa shape index (κ3) is 10.2. The van der Waals surface area contributed by atoms with Gasteiger partial charge in [-0.3, -0.25) is 24.0 Å². The molecule has 3 heterocycles. The maximum atomic E-state index is 13.9.